The summed E-state index contributed by atoms with van der Waals surface area (Å²) in [7, 11) is 0. The molecule has 1 N–H and O–H groups in total. The fourth-order valence-electron chi connectivity index (χ4n) is 4.41. The SMILES string of the molecule is O=C(NC1[C@H]2CCC[C@H]1CN(C1CC1)C2)[C@H]1C[C@@H]1[N+](=O)[O-]. The van der Waals surface area contributed by atoms with E-state index in [4.69, 9.17) is 0 Å². The number of nitro groups is 1. The Hall–Kier alpha value is -1.17. The molecule has 1 amide bonds. The highest BCUT2D eigenvalue weighted by Crippen LogP contribution is 2.40. The molecule has 0 aromatic rings. The molecule has 4 atom stereocenters. The Labute approximate surface area is 124 Å². The summed E-state index contributed by atoms with van der Waals surface area (Å²) >= 11 is 0. The number of hydrogen-bond donors (Lipinski definition) is 1. The Bertz CT molecular complexity index is 451. The van der Waals surface area contributed by atoms with Crippen LogP contribution in [0.4, 0.5) is 0 Å². The van der Waals surface area contributed by atoms with Gasteiger partial charge < -0.3 is 5.32 Å². The maximum Gasteiger partial charge on any atom is 0.230 e. The predicted octanol–water partition coefficient (Wildman–Crippen LogP) is 1.03. The van der Waals surface area contributed by atoms with Crippen molar-refractivity contribution in [2.24, 2.45) is 17.8 Å². The Morgan fingerprint density at radius 2 is 1.81 bits per heavy atom. The molecule has 0 aromatic carbocycles. The minimum absolute atomic E-state index is 0.0709. The molecule has 1 saturated heterocycles. The molecule has 1 aliphatic heterocycles. The molecule has 116 valence electrons. The van der Waals surface area contributed by atoms with Crippen LogP contribution in [-0.4, -0.2) is 46.9 Å². The van der Waals surface area contributed by atoms with Crippen molar-refractivity contribution >= 4 is 5.91 Å². The molecule has 0 radical (unpaired) electrons. The smallest absolute Gasteiger partial charge is 0.230 e. The molecule has 3 saturated carbocycles. The fraction of sp³-hybridized carbons (Fsp3) is 0.933. The number of nitrogens with zero attached hydrogens (tertiary/aromatic N) is 2. The average Bonchev–Trinajstić information content (AvgIpc) is 3.30. The summed E-state index contributed by atoms with van der Waals surface area (Å²) in [6, 6.07) is 0.428. The summed E-state index contributed by atoms with van der Waals surface area (Å²) < 4.78 is 0. The van der Waals surface area contributed by atoms with Crippen molar-refractivity contribution in [3.63, 3.8) is 0 Å². The molecule has 21 heavy (non-hydrogen) atoms. The molecule has 1 heterocycles. The lowest BCUT2D eigenvalue weighted by molar-refractivity contribution is -0.497. The van der Waals surface area contributed by atoms with Gasteiger partial charge in [0.15, 0.2) is 0 Å². The molecule has 0 unspecified atom stereocenters. The Kier molecular flexibility index (Phi) is 3.17. The third-order valence-electron chi connectivity index (χ3n) is 5.84. The summed E-state index contributed by atoms with van der Waals surface area (Å²) in [6.45, 7) is 2.21. The van der Waals surface area contributed by atoms with Gasteiger partial charge >= 0.3 is 0 Å². The highest BCUT2D eigenvalue weighted by atomic mass is 16.6. The van der Waals surface area contributed by atoms with E-state index in [2.05, 4.69) is 10.2 Å². The van der Waals surface area contributed by atoms with Crippen LogP contribution in [0.1, 0.15) is 38.5 Å². The van der Waals surface area contributed by atoms with Crippen molar-refractivity contribution in [3.8, 4) is 0 Å². The van der Waals surface area contributed by atoms with Crippen molar-refractivity contribution in [1.82, 2.24) is 10.2 Å². The van der Waals surface area contributed by atoms with E-state index >= 15 is 0 Å². The van der Waals surface area contributed by atoms with Crippen LogP contribution in [0, 0.1) is 27.9 Å². The van der Waals surface area contributed by atoms with Crippen LogP contribution in [0.5, 0.6) is 0 Å². The number of likely N-dealkylation sites (tertiary alicyclic amines) is 1. The van der Waals surface area contributed by atoms with Gasteiger partial charge in [-0.15, -0.1) is 0 Å². The van der Waals surface area contributed by atoms with E-state index in [1.807, 2.05) is 0 Å². The second-order valence-electron chi connectivity index (χ2n) is 7.37. The minimum Gasteiger partial charge on any atom is -0.352 e. The molecule has 2 bridgehead atoms. The largest absolute Gasteiger partial charge is 0.352 e. The third kappa shape index (κ3) is 2.54. The lowest BCUT2D eigenvalue weighted by Crippen LogP contribution is -2.58. The van der Waals surface area contributed by atoms with E-state index in [1.54, 1.807) is 0 Å². The summed E-state index contributed by atoms with van der Waals surface area (Å²) in [5, 5.41) is 13.9. The van der Waals surface area contributed by atoms with Crippen molar-refractivity contribution in [1.29, 1.82) is 0 Å². The molecule has 3 aliphatic carbocycles. The van der Waals surface area contributed by atoms with Gasteiger partial charge in [-0.3, -0.25) is 19.8 Å². The molecule has 4 rings (SSSR count). The summed E-state index contributed by atoms with van der Waals surface area (Å²) in [5.74, 6) is 0.658. The van der Waals surface area contributed by atoms with Crippen LogP contribution < -0.4 is 5.32 Å². The first-order chi connectivity index (χ1) is 10.1. The van der Waals surface area contributed by atoms with E-state index in [9.17, 15) is 14.9 Å². The number of rotatable bonds is 4. The second-order valence-corrected chi connectivity index (χ2v) is 7.37. The van der Waals surface area contributed by atoms with Crippen molar-refractivity contribution < 1.29 is 9.72 Å². The van der Waals surface area contributed by atoms with Crippen molar-refractivity contribution in [3.05, 3.63) is 10.1 Å². The van der Waals surface area contributed by atoms with Gasteiger partial charge in [-0.05, 0) is 37.5 Å². The van der Waals surface area contributed by atoms with Crippen LogP contribution in [0.3, 0.4) is 0 Å². The molecule has 0 aromatic heterocycles. The second kappa shape index (κ2) is 4.93. The van der Waals surface area contributed by atoms with E-state index in [-0.39, 0.29) is 22.8 Å². The molecular formula is C15H23N3O3. The van der Waals surface area contributed by atoms with Crippen molar-refractivity contribution in [2.75, 3.05) is 13.1 Å². The van der Waals surface area contributed by atoms with E-state index in [0.29, 0.717) is 18.3 Å². The molecule has 6 heteroatoms. The molecule has 0 spiro atoms. The van der Waals surface area contributed by atoms with Gasteiger partial charge in [0.05, 0.1) is 0 Å². The van der Waals surface area contributed by atoms with E-state index in [1.165, 1.54) is 32.1 Å². The maximum atomic E-state index is 12.2. The third-order valence-corrected chi connectivity index (χ3v) is 5.84. The summed E-state index contributed by atoms with van der Waals surface area (Å²) in [6.07, 6.45) is 6.74. The van der Waals surface area contributed by atoms with Crippen LogP contribution in [0.15, 0.2) is 0 Å². The Morgan fingerprint density at radius 3 is 2.33 bits per heavy atom. The van der Waals surface area contributed by atoms with Crippen molar-refractivity contribution in [2.45, 2.75) is 56.7 Å². The average molecular weight is 293 g/mol. The number of nitrogens with one attached hydrogen (secondary N) is 1. The van der Waals surface area contributed by atoms with Gasteiger partial charge in [0.2, 0.25) is 11.9 Å². The molecule has 4 aliphatic rings. The highest BCUT2D eigenvalue weighted by Gasteiger charge is 2.54. The van der Waals surface area contributed by atoms with E-state index < -0.39 is 6.04 Å². The van der Waals surface area contributed by atoms with Crippen LogP contribution in [0.25, 0.3) is 0 Å². The van der Waals surface area contributed by atoms with Crippen LogP contribution in [0.2, 0.25) is 0 Å². The van der Waals surface area contributed by atoms with Gasteiger partial charge in [0.1, 0.15) is 5.92 Å². The molecule has 6 nitrogen and oxygen atoms in total. The maximum absolute atomic E-state index is 12.2. The lowest BCUT2D eigenvalue weighted by Gasteiger charge is -2.47. The number of fused-ring (bicyclic) bond motifs is 2. The number of piperidine rings is 1. The number of amides is 1. The first-order valence-corrected chi connectivity index (χ1v) is 8.31. The lowest BCUT2D eigenvalue weighted by atomic mass is 9.73. The van der Waals surface area contributed by atoms with Gasteiger partial charge in [-0.1, -0.05) is 6.42 Å². The number of hydrogen-bond acceptors (Lipinski definition) is 4. The standard InChI is InChI=1S/C15H23N3O3/c19-15(12-6-13(12)18(20)21)16-14-9-2-1-3-10(14)8-17(7-9)11-4-5-11/h9-14H,1-8H2,(H,16,19)/t9-,10-,12-,13-/m0/s1. The van der Waals surface area contributed by atoms with Gasteiger partial charge in [-0.2, -0.15) is 0 Å². The minimum atomic E-state index is -0.628. The van der Waals surface area contributed by atoms with Gasteiger partial charge in [0, 0.05) is 36.5 Å². The number of carbonyl (C=O) groups is 1. The molecule has 4 fully saturated rings. The summed E-state index contributed by atoms with van der Waals surface area (Å²) in [4.78, 5) is 25.2. The topological polar surface area (TPSA) is 75.5 Å². The van der Waals surface area contributed by atoms with Crippen LogP contribution in [-0.2, 0) is 4.79 Å². The normalized spacial score (nSPS) is 42.4. The Morgan fingerprint density at radius 1 is 1.14 bits per heavy atom. The summed E-state index contributed by atoms with van der Waals surface area (Å²) in [5.41, 5.74) is 0. The van der Waals surface area contributed by atoms with Crippen LogP contribution >= 0.6 is 0 Å². The quantitative estimate of drug-likeness (QED) is 0.620. The van der Waals surface area contributed by atoms with Gasteiger partial charge in [-0.25, -0.2) is 0 Å². The predicted molar refractivity (Wildman–Crippen MR) is 76.2 cm³/mol. The zero-order chi connectivity index (χ0) is 14.6. The first kappa shape index (κ1) is 13.5. The monoisotopic (exact) mass is 293 g/mol. The Balaban J connectivity index is 1.38. The van der Waals surface area contributed by atoms with Gasteiger partial charge in [0.25, 0.3) is 0 Å². The highest BCUT2D eigenvalue weighted by molar-refractivity contribution is 5.82. The molecular weight excluding hydrogens is 270 g/mol. The fourth-order valence-corrected chi connectivity index (χ4v) is 4.41. The number of carbonyl (C=O) groups excluding carboxylic acids is 1. The first-order valence-electron chi connectivity index (χ1n) is 8.31. The zero-order valence-electron chi connectivity index (χ0n) is 12.2. The zero-order valence-corrected chi connectivity index (χ0v) is 12.2. The van der Waals surface area contributed by atoms with E-state index in [0.717, 1.165) is 19.1 Å².